The summed E-state index contributed by atoms with van der Waals surface area (Å²) < 4.78 is 10.8. The van der Waals surface area contributed by atoms with Gasteiger partial charge < -0.3 is 9.47 Å². The second-order valence-electron chi connectivity index (χ2n) is 8.01. The van der Waals surface area contributed by atoms with Crippen LogP contribution in [0.5, 0.6) is 0 Å². The molecule has 27 heavy (non-hydrogen) atoms. The second-order valence-corrected chi connectivity index (χ2v) is 8.01. The SMILES string of the molecule is CCCCCCC1CC(CCCCCC)C(C(=O)OCC)C1C(=O)OCC. The van der Waals surface area contributed by atoms with E-state index < -0.39 is 0 Å². The molecule has 0 radical (unpaired) electrons. The maximum Gasteiger partial charge on any atom is 0.310 e. The molecule has 0 heterocycles. The monoisotopic (exact) mass is 382 g/mol. The number of hydrogen-bond acceptors (Lipinski definition) is 4. The lowest BCUT2D eigenvalue weighted by molar-refractivity contribution is -0.161. The molecule has 4 atom stereocenters. The fourth-order valence-corrected chi connectivity index (χ4v) is 4.69. The van der Waals surface area contributed by atoms with Crippen molar-refractivity contribution in [2.45, 2.75) is 98.3 Å². The first kappa shape index (κ1) is 24.0. The average molecular weight is 383 g/mol. The predicted molar refractivity (Wildman–Crippen MR) is 109 cm³/mol. The molecule has 0 amide bonds. The number of unbranched alkanes of at least 4 members (excludes halogenated alkanes) is 6. The van der Waals surface area contributed by atoms with Gasteiger partial charge in [0.2, 0.25) is 0 Å². The Morgan fingerprint density at radius 1 is 0.667 bits per heavy atom. The Morgan fingerprint density at radius 3 is 1.41 bits per heavy atom. The molecule has 1 rings (SSSR count). The van der Waals surface area contributed by atoms with Gasteiger partial charge in [-0.3, -0.25) is 9.59 Å². The molecule has 158 valence electrons. The first-order valence-electron chi connectivity index (χ1n) is 11.4. The maximum absolute atomic E-state index is 12.8. The van der Waals surface area contributed by atoms with Crippen molar-refractivity contribution in [1.29, 1.82) is 0 Å². The van der Waals surface area contributed by atoms with Crippen LogP contribution >= 0.6 is 0 Å². The Bertz CT molecular complexity index is 383. The minimum atomic E-state index is -0.318. The summed E-state index contributed by atoms with van der Waals surface area (Å²) in [5.41, 5.74) is 0. The molecule has 1 aliphatic rings. The lowest BCUT2D eigenvalue weighted by Crippen LogP contribution is -2.34. The summed E-state index contributed by atoms with van der Waals surface area (Å²) in [5, 5.41) is 0. The largest absolute Gasteiger partial charge is 0.466 e. The zero-order valence-electron chi connectivity index (χ0n) is 18.1. The van der Waals surface area contributed by atoms with Gasteiger partial charge in [-0.25, -0.2) is 0 Å². The van der Waals surface area contributed by atoms with Gasteiger partial charge in [-0.05, 0) is 44.9 Å². The molecule has 4 heteroatoms. The molecule has 0 aromatic heterocycles. The average Bonchev–Trinajstić information content (AvgIpc) is 3.01. The molecule has 0 aliphatic heterocycles. The van der Waals surface area contributed by atoms with Crippen molar-refractivity contribution in [3.8, 4) is 0 Å². The van der Waals surface area contributed by atoms with Crippen molar-refractivity contribution in [2.24, 2.45) is 23.7 Å². The van der Waals surface area contributed by atoms with Crippen LogP contribution in [0.1, 0.15) is 98.3 Å². The second kappa shape index (κ2) is 14.0. The van der Waals surface area contributed by atoms with E-state index in [1.807, 2.05) is 13.8 Å². The number of esters is 2. The van der Waals surface area contributed by atoms with Gasteiger partial charge in [-0.2, -0.15) is 0 Å². The van der Waals surface area contributed by atoms with Crippen molar-refractivity contribution in [2.75, 3.05) is 13.2 Å². The van der Waals surface area contributed by atoms with Gasteiger partial charge in [0.25, 0.3) is 0 Å². The van der Waals surface area contributed by atoms with Crippen molar-refractivity contribution in [1.82, 2.24) is 0 Å². The molecule has 0 aromatic rings. The van der Waals surface area contributed by atoms with E-state index in [9.17, 15) is 9.59 Å². The Morgan fingerprint density at radius 2 is 1.07 bits per heavy atom. The minimum Gasteiger partial charge on any atom is -0.466 e. The fraction of sp³-hybridized carbons (Fsp3) is 0.913. The first-order chi connectivity index (χ1) is 13.1. The third-order valence-electron chi connectivity index (χ3n) is 5.98. The lowest BCUT2D eigenvalue weighted by Gasteiger charge is -2.24. The van der Waals surface area contributed by atoms with Crippen LogP contribution < -0.4 is 0 Å². The first-order valence-corrected chi connectivity index (χ1v) is 11.4. The summed E-state index contributed by atoms with van der Waals surface area (Å²) in [6.45, 7) is 8.83. The lowest BCUT2D eigenvalue weighted by atomic mass is 9.83. The van der Waals surface area contributed by atoms with Crippen LogP contribution in [0.15, 0.2) is 0 Å². The summed E-state index contributed by atoms with van der Waals surface area (Å²) >= 11 is 0. The molecule has 1 fully saturated rings. The van der Waals surface area contributed by atoms with Gasteiger partial charge in [0.15, 0.2) is 0 Å². The summed E-state index contributed by atoms with van der Waals surface area (Å²) in [6.07, 6.45) is 12.5. The molecule has 0 N–H and O–H groups in total. The standard InChI is InChI=1S/C23H42O4/c1-5-9-11-13-15-18-17-19(16-14-12-10-6-2)21(23(25)27-8-4)20(18)22(24)26-7-3/h18-21H,5-17H2,1-4H3. The van der Waals surface area contributed by atoms with Crippen LogP contribution in [-0.2, 0) is 19.1 Å². The van der Waals surface area contributed by atoms with E-state index in [1.54, 1.807) is 0 Å². The Labute approximate surface area is 166 Å². The summed E-state index contributed by atoms with van der Waals surface area (Å²) in [7, 11) is 0. The van der Waals surface area contributed by atoms with Gasteiger partial charge in [-0.15, -0.1) is 0 Å². The summed E-state index contributed by atoms with van der Waals surface area (Å²) in [4.78, 5) is 25.5. The van der Waals surface area contributed by atoms with Gasteiger partial charge in [0.05, 0.1) is 25.0 Å². The van der Waals surface area contributed by atoms with Crippen LogP contribution in [-0.4, -0.2) is 25.2 Å². The molecule has 4 nitrogen and oxygen atoms in total. The zero-order valence-corrected chi connectivity index (χ0v) is 18.1. The van der Waals surface area contributed by atoms with Crippen LogP contribution in [0, 0.1) is 23.7 Å². The number of ether oxygens (including phenoxy) is 2. The topological polar surface area (TPSA) is 52.6 Å². The number of carbonyl (C=O) groups excluding carboxylic acids is 2. The van der Waals surface area contributed by atoms with Crippen molar-refractivity contribution in [3.05, 3.63) is 0 Å². The molecule has 1 aliphatic carbocycles. The molecule has 0 saturated heterocycles. The van der Waals surface area contributed by atoms with Crippen molar-refractivity contribution in [3.63, 3.8) is 0 Å². The highest BCUT2D eigenvalue weighted by molar-refractivity contribution is 5.83. The molecule has 0 bridgehead atoms. The van der Waals surface area contributed by atoms with Crippen LogP contribution in [0.4, 0.5) is 0 Å². The molecular weight excluding hydrogens is 340 g/mol. The Hall–Kier alpha value is -1.06. The van der Waals surface area contributed by atoms with Crippen LogP contribution in [0.2, 0.25) is 0 Å². The normalized spacial score (nSPS) is 24.7. The van der Waals surface area contributed by atoms with Gasteiger partial charge >= 0.3 is 11.9 Å². The zero-order chi connectivity index (χ0) is 20.1. The van der Waals surface area contributed by atoms with Gasteiger partial charge in [-0.1, -0.05) is 65.2 Å². The third kappa shape index (κ3) is 7.83. The van der Waals surface area contributed by atoms with E-state index in [2.05, 4.69) is 13.8 Å². The molecule has 1 saturated carbocycles. The molecule has 0 aromatic carbocycles. The predicted octanol–water partition coefficient (Wildman–Crippen LogP) is 5.92. The van der Waals surface area contributed by atoms with E-state index in [0.29, 0.717) is 13.2 Å². The summed E-state index contributed by atoms with van der Waals surface area (Å²) in [5.74, 6) is -0.499. The highest BCUT2D eigenvalue weighted by Crippen LogP contribution is 2.47. The van der Waals surface area contributed by atoms with Gasteiger partial charge in [0.1, 0.15) is 0 Å². The maximum atomic E-state index is 12.8. The third-order valence-corrected chi connectivity index (χ3v) is 5.98. The Kier molecular flexibility index (Phi) is 12.4. The van der Waals surface area contributed by atoms with E-state index in [1.165, 1.54) is 38.5 Å². The molecular formula is C23H42O4. The van der Waals surface area contributed by atoms with E-state index in [0.717, 1.165) is 32.1 Å². The number of carbonyl (C=O) groups is 2. The van der Waals surface area contributed by atoms with Crippen LogP contribution in [0.3, 0.4) is 0 Å². The van der Waals surface area contributed by atoms with Crippen molar-refractivity contribution < 1.29 is 19.1 Å². The summed E-state index contributed by atoms with van der Waals surface area (Å²) in [6, 6.07) is 0. The molecule has 4 unspecified atom stereocenters. The highest BCUT2D eigenvalue weighted by Gasteiger charge is 2.51. The minimum absolute atomic E-state index is 0.188. The Balaban J connectivity index is 2.89. The van der Waals surface area contributed by atoms with Gasteiger partial charge in [0, 0.05) is 0 Å². The van der Waals surface area contributed by atoms with E-state index in [4.69, 9.17) is 9.47 Å². The fourth-order valence-electron chi connectivity index (χ4n) is 4.69. The smallest absolute Gasteiger partial charge is 0.310 e. The number of hydrogen-bond donors (Lipinski definition) is 0. The highest BCUT2D eigenvalue weighted by atomic mass is 16.5. The quantitative estimate of drug-likeness (QED) is 0.276. The molecule has 0 spiro atoms. The van der Waals surface area contributed by atoms with E-state index in [-0.39, 0.29) is 35.6 Å². The van der Waals surface area contributed by atoms with E-state index >= 15 is 0 Å². The number of rotatable bonds is 14. The van der Waals surface area contributed by atoms with Crippen LogP contribution in [0.25, 0.3) is 0 Å². The van der Waals surface area contributed by atoms with Crippen molar-refractivity contribution >= 4 is 11.9 Å².